The van der Waals surface area contributed by atoms with E-state index in [1.54, 1.807) is 30.1 Å². The summed E-state index contributed by atoms with van der Waals surface area (Å²) >= 11 is 0. The first-order chi connectivity index (χ1) is 15.9. The fourth-order valence-electron chi connectivity index (χ4n) is 4.36. The van der Waals surface area contributed by atoms with Crippen LogP contribution in [0.2, 0.25) is 0 Å². The normalized spacial score (nSPS) is 13.2. The number of nitrogens with one attached hydrogen (secondary N) is 1. The number of carbonyl (C=O) groups excluding carboxylic acids is 1. The van der Waals surface area contributed by atoms with Crippen molar-refractivity contribution in [2.75, 3.05) is 18.1 Å². The molecule has 1 aliphatic heterocycles. The van der Waals surface area contributed by atoms with E-state index in [1.165, 1.54) is 17.2 Å². The molecule has 3 heterocycles. The molecular formula is C25H24N4O4. The second kappa shape index (κ2) is 8.12. The fourth-order valence-corrected chi connectivity index (χ4v) is 4.36. The van der Waals surface area contributed by atoms with Gasteiger partial charge in [0.15, 0.2) is 6.61 Å². The van der Waals surface area contributed by atoms with Crippen molar-refractivity contribution in [1.82, 2.24) is 14.1 Å². The maximum Gasteiger partial charge on any atom is 0.331 e. The molecule has 33 heavy (non-hydrogen) atoms. The lowest BCUT2D eigenvalue weighted by Crippen LogP contribution is -2.38. The zero-order valence-corrected chi connectivity index (χ0v) is 18.5. The fraction of sp³-hybridized carbons (Fsp3) is 0.240. The number of anilines is 1. The number of aromatic amines is 1. The summed E-state index contributed by atoms with van der Waals surface area (Å²) in [6.07, 6.45) is 1.92. The summed E-state index contributed by atoms with van der Waals surface area (Å²) in [7, 11) is 3.09. The molecule has 0 unspecified atom stereocenters. The molecule has 0 saturated carbocycles. The summed E-state index contributed by atoms with van der Waals surface area (Å²) in [5, 5.41) is 0. The van der Waals surface area contributed by atoms with E-state index in [1.807, 2.05) is 30.3 Å². The summed E-state index contributed by atoms with van der Waals surface area (Å²) in [6.45, 7) is 0.652. The third-order valence-corrected chi connectivity index (χ3v) is 6.19. The Balaban J connectivity index is 1.32. The van der Waals surface area contributed by atoms with E-state index >= 15 is 0 Å². The largest absolute Gasteiger partial charge is 0.484 e. The highest BCUT2D eigenvalue weighted by Crippen LogP contribution is 2.27. The number of fused-ring (bicyclic) bond motifs is 2. The van der Waals surface area contributed by atoms with Crippen LogP contribution < -0.4 is 20.9 Å². The Hall–Kier alpha value is -4.07. The molecule has 1 N–H and O–H groups in total. The molecule has 0 bridgehead atoms. The van der Waals surface area contributed by atoms with Gasteiger partial charge in [-0.15, -0.1) is 0 Å². The average Bonchev–Trinajstić information content (AvgIpc) is 3.30. The number of H-pyrrole nitrogens is 1. The molecule has 2 aromatic carbocycles. The molecule has 1 aliphatic rings. The van der Waals surface area contributed by atoms with Crippen molar-refractivity contribution in [1.29, 1.82) is 0 Å². The highest BCUT2D eigenvalue weighted by Gasteiger charge is 2.22. The quantitative estimate of drug-likeness (QED) is 0.524. The van der Waals surface area contributed by atoms with Crippen molar-refractivity contribution < 1.29 is 9.53 Å². The third kappa shape index (κ3) is 3.63. The Kier molecular flexibility index (Phi) is 5.12. The van der Waals surface area contributed by atoms with Crippen LogP contribution in [-0.4, -0.2) is 33.2 Å². The highest BCUT2D eigenvalue weighted by atomic mass is 16.5. The lowest BCUT2D eigenvalue weighted by atomic mass is 10.0. The standard InChI is InChI=1S/C25H24N4O4/c1-27-21-14-19(26-23(21)24(31)28(2)25(27)32)16-9-11-18(12-10-16)33-15-22(30)29-13-5-7-17-6-3-4-8-20(17)29/h3-4,6,8-12,14,26H,5,7,13,15H2,1-2H3. The summed E-state index contributed by atoms with van der Waals surface area (Å²) in [5.74, 6) is 0.510. The van der Waals surface area contributed by atoms with Crippen molar-refractivity contribution in [3.63, 3.8) is 0 Å². The predicted molar refractivity (Wildman–Crippen MR) is 127 cm³/mol. The van der Waals surface area contributed by atoms with Crippen LogP contribution in [0.25, 0.3) is 22.3 Å². The lowest BCUT2D eigenvalue weighted by Gasteiger charge is -2.29. The molecule has 168 valence electrons. The van der Waals surface area contributed by atoms with Gasteiger partial charge in [0.25, 0.3) is 11.5 Å². The molecule has 0 spiro atoms. The van der Waals surface area contributed by atoms with Crippen LogP contribution in [0.15, 0.2) is 64.2 Å². The Bertz CT molecular complexity index is 1480. The van der Waals surface area contributed by atoms with Crippen LogP contribution in [0.1, 0.15) is 12.0 Å². The Labute approximate surface area is 189 Å². The number of nitrogens with zero attached hydrogens (tertiary/aromatic N) is 3. The van der Waals surface area contributed by atoms with Gasteiger partial charge in [-0.2, -0.15) is 0 Å². The second-order valence-corrected chi connectivity index (χ2v) is 8.24. The molecule has 2 aromatic heterocycles. The molecular weight excluding hydrogens is 420 g/mol. The van der Waals surface area contributed by atoms with Crippen molar-refractivity contribution in [2.45, 2.75) is 12.8 Å². The van der Waals surface area contributed by atoms with E-state index in [9.17, 15) is 14.4 Å². The van der Waals surface area contributed by atoms with E-state index in [0.29, 0.717) is 23.3 Å². The zero-order valence-electron chi connectivity index (χ0n) is 18.5. The molecule has 0 radical (unpaired) electrons. The van der Waals surface area contributed by atoms with Gasteiger partial charge < -0.3 is 14.6 Å². The highest BCUT2D eigenvalue weighted by molar-refractivity contribution is 5.95. The number of rotatable bonds is 4. The number of amides is 1. The van der Waals surface area contributed by atoms with Crippen LogP contribution in [-0.2, 0) is 25.3 Å². The van der Waals surface area contributed by atoms with E-state index in [2.05, 4.69) is 11.1 Å². The first-order valence-electron chi connectivity index (χ1n) is 10.8. The smallest absolute Gasteiger partial charge is 0.331 e. The van der Waals surface area contributed by atoms with Gasteiger partial charge in [-0.25, -0.2) is 4.79 Å². The molecule has 0 saturated heterocycles. The van der Waals surface area contributed by atoms with Crippen molar-refractivity contribution in [2.24, 2.45) is 14.1 Å². The summed E-state index contributed by atoms with van der Waals surface area (Å²) in [4.78, 5) is 42.3. The average molecular weight is 444 g/mol. The Morgan fingerprint density at radius 3 is 2.58 bits per heavy atom. The van der Waals surface area contributed by atoms with Gasteiger partial charge in [0.1, 0.15) is 11.3 Å². The molecule has 0 atom stereocenters. The van der Waals surface area contributed by atoms with Gasteiger partial charge in [0, 0.05) is 32.0 Å². The maximum atomic E-state index is 12.8. The second-order valence-electron chi connectivity index (χ2n) is 8.24. The van der Waals surface area contributed by atoms with E-state index < -0.39 is 0 Å². The Morgan fingerprint density at radius 2 is 1.79 bits per heavy atom. The number of hydrogen-bond donors (Lipinski definition) is 1. The summed E-state index contributed by atoms with van der Waals surface area (Å²) < 4.78 is 8.28. The number of aromatic nitrogens is 3. The van der Waals surface area contributed by atoms with Crippen LogP contribution >= 0.6 is 0 Å². The molecule has 1 amide bonds. The zero-order chi connectivity index (χ0) is 23.1. The van der Waals surface area contributed by atoms with Crippen LogP contribution in [0, 0.1) is 0 Å². The van der Waals surface area contributed by atoms with Crippen LogP contribution in [0.5, 0.6) is 5.75 Å². The van der Waals surface area contributed by atoms with Gasteiger partial charge in [-0.3, -0.25) is 18.7 Å². The molecule has 8 heteroatoms. The van der Waals surface area contributed by atoms with Gasteiger partial charge in [-0.1, -0.05) is 18.2 Å². The first kappa shape index (κ1) is 20.8. The van der Waals surface area contributed by atoms with Crippen molar-refractivity contribution in [3.05, 3.63) is 81.0 Å². The minimum Gasteiger partial charge on any atom is -0.484 e. The van der Waals surface area contributed by atoms with Crippen LogP contribution in [0.4, 0.5) is 5.69 Å². The number of ether oxygens (including phenoxy) is 1. The van der Waals surface area contributed by atoms with Gasteiger partial charge in [0.05, 0.1) is 5.52 Å². The number of hydrogen-bond acceptors (Lipinski definition) is 4. The number of benzene rings is 2. The number of para-hydroxylation sites is 1. The first-order valence-corrected chi connectivity index (χ1v) is 10.8. The predicted octanol–water partition coefficient (Wildman–Crippen LogP) is 2.59. The van der Waals surface area contributed by atoms with E-state index in [4.69, 9.17) is 4.74 Å². The lowest BCUT2D eigenvalue weighted by molar-refractivity contribution is -0.120. The molecule has 0 aliphatic carbocycles. The Morgan fingerprint density at radius 1 is 1.03 bits per heavy atom. The molecule has 5 rings (SSSR count). The summed E-state index contributed by atoms with van der Waals surface area (Å²) in [5.41, 5.74) is 3.90. The van der Waals surface area contributed by atoms with Gasteiger partial charge >= 0.3 is 5.69 Å². The van der Waals surface area contributed by atoms with E-state index in [0.717, 1.165) is 34.4 Å². The number of aryl methyl sites for hydroxylation is 2. The number of carbonyl (C=O) groups is 1. The third-order valence-electron chi connectivity index (χ3n) is 6.19. The van der Waals surface area contributed by atoms with Crippen molar-refractivity contribution in [3.8, 4) is 17.0 Å². The van der Waals surface area contributed by atoms with Gasteiger partial charge in [-0.05, 0) is 60.4 Å². The van der Waals surface area contributed by atoms with Gasteiger partial charge in [0.2, 0.25) is 0 Å². The van der Waals surface area contributed by atoms with Crippen LogP contribution in [0.3, 0.4) is 0 Å². The summed E-state index contributed by atoms with van der Waals surface area (Å²) in [6, 6.07) is 17.0. The molecule has 0 fully saturated rings. The van der Waals surface area contributed by atoms with Crippen molar-refractivity contribution >= 4 is 22.6 Å². The maximum absolute atomic E-state index is 12.8. The topological polar surface area (TPSA) is 89.3 Å². The minimum absolute atomic E-state index is 0.0434. The monoisotopic (exact) mass is 444 g/mol. The molecule has 8 nitrogen and oxygen atoms in total. The minimum atomic E-state index is -0.372. The SMILES string of the molecule is Cn1c(=O)c2[nH]c(-c3ccc(OCC(=O)N4CCCc5ccccc54)cc3)cc2n(C)c1=O. The molecule has 4 aromatic rings. The van der Waals surface area contributed by atoms with E-state index in [-0.39, 0.29) is 23.8 Å².